The molecule has 0 saturated carbocycles. The third-order valence-electron chi connectivity index (χ3n) is 2.21. The Kier molecular flexibility index (Phi) is 4.82. The number of hydrogen-bond donors (Lipinski definition) is 0. The van der Waals surface area contributed by atoms with Crippen LogP contribution in [0.4, 0.5) is 0 Å². The van der Waals surface area contributed by atoms with E-state index >= 15 is 0 Å². The molecule has 2 heteroatoms. The number of alkyl halides is 1. The van der Waals surface area contributed by atoms with E-state index in [1.165, 1.54) is 18.4 Å². The summed E-state index contributed by atoms with van der Waals surface area (Å²) >= 11 is 9.25. The van der Waals surface area contributed by atoms with Gasteiger partial charge in [0.2, 0.25) is 0 Å². The van der Waals surface area contributed by atoms with Crippen LogP contribution in [0.15, 0.2) is 24.3 Å². The first-order valence-electron chi connectivity index (χ1n) is 4.55. The Morgan fingerprint density at radius 1 is 1.31 bits per heavy atom. The minimum absolute atomic E-state index is 0.634. The Morgan fingerprint density at radius 3 is 2.46 bits per heavy atom. The van der Waals surface area contributed by atoms with E-state index in [9.17, 15) is 0 Å². The molecule has 0 N–H and O–H groups in total. The highest BCUT2D eigenvalue weighted by atomic mass is 79.9. The van der Waals surface area contributed by atoms with Crippen LogP contribution in [0, 0.1) is 0 Å². The number of benzene rings is 1. The first-order chi connectivity index (χ1) is 6.24. The van der Waals surface area contributed by atoms with Crippen LogP contribution in [0.1, 0.15) is 31.2 Å². The summed E-state index contributed by atoms with van der Waals surface area (Å²) in [5.74, 6) is 0.634. The highest BCUT2D eigenvalue weighted by Gasteiger charge is 2.03. The zero-order valence-corrected chi connectivity index (χ0v) is 10.1. The summed E-state index contributed by atoms with van der Waals surface area (Å²) in [7, 11) is 0. The van der Waals surface area contributed by atoms with Crippen molar-refractivity contribution in [2.24, 2.45) is 0 Å². The Morgan fingerprint density at radius 2 is 1.92 bits per heavy atom. The predicted octanol–water partition coefficient (Wildman–Crippen LogP) is 4.62. The maximum absolute atomic E-state index is 5.81. The second kappa shape index (κ2) is 5.66. The largest absolute Gasteiger partial charge is 0.0928 e. The van der Waals surface area contributed by atoms with E-state index in [-0.39, 0.29) is 0 Å². The Hall–Kier alpha value is -0.0100. The fourth-order valence-corrected chi connectivity index (χ4v) is 1.79. The summed E-state index contributed by atoms with van der Waals surface area (Å²) in [4.78, 5) is 0. The normalized spacial score (nSPS) is 12.8. The summed E-state index contributed by atoms with van der Waals surface area (Å²) < 4.78 is 0. The second-order valence-corrected chi connectivity index (χ2v) is 4.51. The lowest BCUT2D eigenvalue weighted by atomic mass is 9.97. The molecule has 0 radical (unpaired) electrons. The van der Waals surface area contributed by atoms with Gasteiger partial charge in [0.1, 0.15) is 0 Å². The van der Waals surface area contributed by atoms with Gasteiger partial charge in [0.05, 0.1) is 0 Å². The zero-order valence-electron chi connectivity index (χ0n) is 7.76. The Labute approximate surface area is 93.4 Å². The van der Waals surface area contributed by atoms with Gasteiger partial charge in [-0.1, -0.05) is 46.6 Å². The van der Waals surface area contributed by atoms with Gasteiger partial charge in [0.15, 0.2) is 0 Å². The van der Waals surface area contributed by atoms with Crippen molar-refractivity contribution < 1.29 is 0 Å². The van der Waals surface area contributed by atoms with Gasteiger partial charge < -0.3 is 0 Å². The molecule has 0 aromatic heterocycles. The van der Waals surface area contributed by atoms with Gasteiger partial charge in [-0.3, -0.25) is 0 Å². The molecule has 1 aromatic rings. The number of hydrogen-bond acceptors (Lipinski definition) is 0. The highest BCUT2D eigenvalue weighted by Crippen LogP contribution is 2.22. The molecule has 0 aliphatic carbocycles. The zero-order chi connectivity index (χ0) is 9.68. The van der Waals surface area contributed by atoms with E-state index in [4.69, 9.17) is 11.6 Å². The molecule has 1 rings (SSSR count). The third-order valence-corrected chi connectivity index (χ3v) is 3.02. The molecular formula is C11H14BrCl. The molecule has 1 atom stereocenters. The Bertz CT molecular complexity index is 243. The van der Waals surface area contributed by atoms with E-state index in [2.05, 4.69) is 35.0 Å². The summed E-state index contributed by atoms with van der Waals surface area (Å²) in [5.41, 5.74) is 1.38. The fourth-order valence-electron chi connectivity index (χ4n) is 1.34. The number of halogens is 2. The Balaban J connectivity index is 2.55. The van der Waals surface area contributed by atoms with Crippen molar-refractivity contribution in [2.45, 2.75) is 25.7 Å². The molecule has 72 valence electrons. The topological polar surface area (TPSA) is 0 Å². The molecule has 0 aliphatic rings. The van der Waals surface area contributed by atoms with Gasteiger partial charge in [-0.25, -0.2) is 0 Å². The minimum Gasteiger partial charge on any atom is -0.0928 e. The van der Waals surface area contributed by atoms with E-state index in [0.717, 1.165) is 10.4 Å². The molecule has 0 aliphatic heterocycles. The van der Waals surface area contributed by atoms with Gasteiger partial charge in [-0.05, 0) is 36.5 Å². The molecule has 0 amide bonds. The molecule has 0 saturated heterocycles. The standard InChI is InChI=1S/C11H14BrCl/c1-9(3-2-8-12)10-4-6-11(13)7-5-10/h4-7,9H,2-3,8H2,1H3. The molecule has 0 heterocycles. The smallest absolute Gasteiger partial charge is 0.0406 e. The summed E-state index contributed by atoms with van der Waals surface area (Å²) in [6.07, 6.45) is 2.46. The lowest BCUT2D eigenvalue weighted by Crippen LogP contribution is -1.93. The van der Waals surface area contributed by atoms with Crippen LogP contribution in [0.5, 0.6) is 0 Å². The maximum Gasteiger partial charge on any atom is 0.0406 e. The quantitative estimate of drug-likeness (QED) is 0.694. The van der Waals surface area contributed by atoms with Crippen LogP contribution in [0.2, 0.25) is 5.02 Å². The lowest BCUT2D eigenvalue weighted by Gasteiger charge is -2.10. The average Bonchev–Trinajstić information content (AvgIpc) is 2.15. The molecule has 0 nitrogen and oxygen atoms in total. The van der Waals surface area contributed by atoms with Gasteiger partial charge in [0.25, 0.3) is 0 Å². The molecule has 1 aromatic carbocycles. The molecule has 13 heavy (non-hydrogen) atoms. The van der Waals surface area contributed by atoms with Gasteiger partial charge in [0, 0.05) is 10.4 Å². The van der Waals surface area contributed by atoms with Crippen LogP contribution in [-0.2, 0) is 0 Å². The molecular weight excluding hydrogens is 247 g/mol. The van der Waals surface area contributed by atoms with E-state index < -0.39 is 0 Å². The minimum atomic E-state index is 0.634. The molecule has 0 fully saturated rings. The second-order valence-electron chi connectivity index (χ2n) is 3.28. The summed E-state index contributed by atoms with van der Waals surface area (Å²) in [6, 6.07) is 8.14. The maximum atomic E-state index is 5.81. The van der Waals surface area contributed by atoms with Gasteiger partial charge in [-0.2, -0.15) is 0 Å². The van der Waals surface area contributed by atoms with Crippen molar-refractivity contribution in [1.82, 2.24) is 0 Å². The van der Waals surface area contributed by atoms with Gasteiger partial charge in [-0.15, -0.1) is 0 Å². The fraction of sp³-hybridized carbons (Fsp3) is 0.455. The molecule has 0 bridgehead atoms. The first kappa shape index (κ1) is 11.1. The molecule has 1 unspecified atom stereocenters. The van der Waals surface area contributed by atoms with Crippen molar-refractivity contribution in [3.05, 3.63) is 34.9 Å². The molecule has 0 spiro atoms. The summed E-state index contributed by atoms with van der Waals surface area (Å²) in [5, 5.41) is 1.90. The van der Waals surface area contributed by atoms with Crippen molar-refractivity contribution in [3.63, 3.8) is 0 Å². The average molecular weight is 262 g/mol. The van der Waals surface area contributed by atoms with Crippen LogP contribution < -0.4 is 0 Å². The van der Waals surface area contributed by atoms with Crippen molar-refractivity contribution in [3.8, 4) is 0 Å². The van der Waals surface area contributed by atoms with E-state index in [0.29, 0.717) is 5.92 Å². The van der Waals surface area contributed by atoms with E-state index in [1.807, 2.05) is 12.1 Å². The van der Waals surface area contributed by atoms with Crippen LogP contribution in [-0.4, -0.2) is 5.33 Å². The first-order valence-corrected chi connectivity index (χ1v) is 6.05. The SMILES string of the molecule is CC(CCCBr)c1ccc(Cl)cc1. The van der Waals surface area contributed by atoms with Crippen molar-refractivity contribution in [2.75, 3.05) is 5.33 Å². The third kappa shape index (κ3) is 3.70. The number of rotatable bonds is 4. The van der Waals surface area contributed by atoms with Crippen LogP contribution in [0.3, 0.4) is 0 Å². The monoisotopic (exact) mass is 260 g/mol. The van der Waals surface area contributed by atoms with Gasteiger partial charge >= 0.3 is 0 Å². The lowest BCUT2D eigenvalue weighted by molar-refractivity contribution is 0.671. The van der Waals surface area contributed by atoms with Crippen molar-refractivity contribution >= 4 is 27.5 Å². The van der Waals surface area contributed by atoms with Crippen LogP contribution >= 0.6 is 27.5 Å². The van der Waals surface area contributed by atoms with Crippen molar-refractivity contribution in [1.29, 1.82) is 0 Å². The predicted molar refractivity (Wildman–Crippen MR) is 62.9 cm³/mol. The van der Waals surface area contributed by atoms with Crippen LogP contribution in [0.25, 0.3) is 0 Å². The summed E-state index contributed by atoms with van der Waals surface area (Å²) in [6.45, 7) is 2.26. The van der Waals surface area contributed by atoms with E-state index in [1.54, 1.807) is 0 Å². The highest BCUT2D eigenvalue weighted by molar-refractivity contribution is 9.09.